The van der Waals surface area contributed by atoms with Crippen molar-refractivity contribution in [3.05, 3.63) is 73.1 Å². The number of hydrogen-bond donors (Lipinski definition) is 1. The molecule has 1 saturated heterocycles. The van der Waals surface area contributed by atoms with Gasteiger partial charge in [-0.25, -0.2) is 9.97 Å². The zero-order valence-electron chi connectivity index (χ0n) is 16.6. The summed E-state index contributed by atoms with van der Waals surface area (Å²) in [6.07, 6.45) is 5.80. The van der Waals surface area contributed by atoms with Crippen LogP contribution in [0.5, 0.6) is 0 Å². The highest BCUT2D eigenvalue weighted by atomic mass is 16.3. The minimum atomic E-state index is 0.371. The van der Waals surface area contributed by atoms with Crippen molar-refractivity contribution >= 4 is 21.9 Å². The molecule has 0 bridgehead atoms. The molecular weight excluding hydrogens is 372 g/mol. The Hall–Kier alpha value is -3.44. The number of aromatic nitrogens is 3. The average Bonchev–Trinajstić information content (AvgIpc) is 3.46. The second-order valence-corrected chi connectivity index (χ2v) is 7.89. The van der Waals surface area contributed by atoms with E-state index in [4.69, 9.17) is 14.4 Å². The van der Waals surface area contributed by atoms with E-state index in [0.29, 0.717) is 6.04 Å². The zero-order valence-corrected chi connectivity index (χ0v) is 16.6. The molecule has 1 fully saturated rings. The van der Waals surface area contributed by atoms with Crippen LogP contribution in [0.15, 0.2) is 77.5 Å². The number of nitrogens with zero attached hydrogens (tertiary/aromatic N) is 3. The van der Waals surface area contributed by atoms with Crippen molar-refractivity contribution in [1.29, 1.82) is 0 Å². The third-order valence-corrected chi connectivity index (χ3v) is 6.03. The first-order chi connectivity index (χ1) is 14.9. The smallest absolute Gasteiger partial charge is 0.178 e. The lowest BCUT2D eigenvalue weighted by molar-refractivity contribution is 0.374. The number of nitrogens with one attached hydrogen (secondary N) is 1. The molecule has 0 atom stereocenters. The van der Waals surface area contributed by atoms with Crippen molar-refractivity contribution in [1.82, 2.24) is 19.9 Å². The average molecular weight is 394 g/mol. The molecule has 5 heteroatoms. The monoisotopic (exact) mass is 394 g/mol. The summed E-state index contributed by atoms with van der Waals surface area (Å²) in [4.78, 5) is 9.85. The molecule has 5 aromatic rings. The van der Waals surface area contributed by atoms with E-state index < -0.39 is 0 Å². The van der Waals surface area contributed by atoms with E-state index in [9.17, 15) is 0 Å². The maximum Gasteiger partial charge on any atom is 0.178 e. The lowest BCUT2D eigenvalue weighted by Crippen LogP contribution is -2.29. The van der Waals surface area contributed by atoms with Crippen LogP contribution < -0.4 is 5.32 Å². The van der Waals surface area contributed by atoms with Crippen LogP contribution in [0.25, 0.3) is 44.6 Å². The fourth-order valence-electron chi connectivity index (χ4n) is 4.50. The molecule has 5 nitrogen and oxygen atoms in total. The minimum absolute atomic E-state index is 0.371. The zero-order chi connectivity index (χ0) is 19.9. The molecule has 1 N–H and O–H groups in total. The van der Waals surface area contributed by atoms with Crippen LogP contribution >= 0.6 is 0 Å². The van der Waals surface area contributed by atoms with Crippen molar-refractivity contribution in [2.75, 3.05) is 13.1 Å². The summed E-state index contributed by atoms with van der Waals surface area (Å²) in [5, 5.41) is 5.92. The third-order valence-electron chi connectivity index (χ3n) is 6.03. The van der Waals surface area contributed by atoms with Crippen LogP contribution in [-0.4, -0.2) is 27.6 Å². The Labute approximate surface area is 174 Å². The first-order valence-electron chi connectivity index (χ1n) is 10.5. The summed E-state index contributed by atoms with van der Waals surface area (Å²) in [5.41, 5.74) is 4.07. The predicted octanol–water partition coefficient (Wildman–Crippen LogP) is 5.44. The fraction of sp³-hybridized carbons (Fsp3) is 0.200. The van der Waals surface area contributed by atoms with Gasteiger partial charge in [-0.1, -0.05) is 36.4 Å². The van der Waals surface area contributed by atoms with Gasteiger partial charge < -0.3 is 14.3 Å². The van der Waals surface area contributed by atoms with E-state index in [1.807, 2.05) is 18.3 Å². The van der Waals surface area contributed by atoms with Gasteiger partial charge in [0, 0.05) is 17.8 Å². The van der Waals surface area contributed by atoms with Crippen molar-refractivity contribution in [3.63, 3.8) is 0 Å². The van der Waals surface area contributed by atoms with Crippen LogP contribution in [0.1, 0.15) is 18.9 Å². The number of fused-ring (bicyclic) bond motifs is 2. The van der Waals surface area contributed by atoms with E-state index in [-0.39, 0.29) is 0 Å². The van der Waals surface area contributed by atoms with Gasteiger partial charge in [0.2, 0.25) is 0 Å². The SMILES string of the molecule is c1coc(-c2nc3cc(-c4ccc5ccccc5c4)cnc3n2C2CCNCC2)c1. The molecule has 1 aliphatic heterocycles. The summed E-state index contributed by atoms with van der Waals surface area (Å²) in [6.45, 7) is 2.02. The molecule has 3 aromatic heterocycles. The number of rotatable bonds is 3. The molecule has 30 heavy (non-hydrogen) atoms. The Balaban J connectivity index is 1.50. The van der Waals surface area contributed by atoms with Crippen LogP contribution in [0.4, 0.5) is 0 Å². The standard InChI is InChI=1S/C25H22N4O/c1-2-5-18-14-19(8-7-17(18)4-1)20-15-22-24(27-16-20)29(21-9-11-26-12-10-21)25(28-22)23-6-3-13-30-23/h1-8,13-16,21,26H,9-12H2. The molecule has 1 aliphatic rings. The second-order valence-electron chi connectivity index (χ2n) is 7.89. The molecule has 0 spiro atoms. The predicted molar refractivity (Wildman–Crippen MR) is 119 cm³/mol. The largest absolute Gasteiger partial charge is 0.461 e. The van der Waals surface area contributed by atoms with Gasteiger partial charge in [0.1, 0.15) is 5.52 Å². The number of piperidine rings is 1. The summed E-state index contributed by atoms with van der Waals surface area (Å²) in [7, 11) is 0. The van der Waals surface area contributed by atoms with Gasteiger partial charge in [-0.3, -0.25) is 0 Å². The first-order valence-corrected chi connectivity index (χ1v) is 10.5. The van der Waals surface area contributed by atoms with Crippen LogP contribution in [0.3, 0.4) is 0 Å². The molecule has 0 radical (unpaired) electrons. The highest BCUT2D eigenvalue weighted by Gasteiger charge is 2.24. The summed E-state index contributed by atoms with van der Waals surface area (Å²) in [5.74, 6) is 1.66. The molecule has 148 valence electrons. The molecule has 0 unspecified atom stereocenters. The summed E-state index contributed by atoms with van der Waals surface area (Å²) < 4.78 is 7.99. The number of hydrogen-bond acceptors (Lipinski definition) is 4. The van der Waals surface area contributed by atoms with Gasteiger partial charge >= 0.3 is 0 Å². The van der Waals surface area contributed by atoms with Gasteiger partial charge in [-0.05, 0) is 66.5 Å². The molecule has 0 saturated carbocycles. The maximum absolute atomic E-state index is 5.72. The highest BCUT2D eigenvalue weighted by Crippen LogP contribution is 2.33. The molecule has 2 aromatic carbocycles. The Morgan fingerprint density at radius 2 is 1.77 bits per heavy atom. The topological polar surface area (TPSA) is 55.9 Å². The van der Waals surface area contributed by atoms with Crippen molar-refractivity contribution in [3.8, 4) is 22.7 Å². The van der Waals surface area contributed by atoms with E-state index in [2.05, 4.69) is 58.4 Å². The van der Waals surface area contributed by atoms with Crippen molar-refractivity contribution < 1.29 is 4.42 Å². The second kappa shape index (κ2) is 7.11. The maximum atomic E-state index is 5.72. The highest BCUT2D eigenvalue weighted by molar-refractivity contribution is 5.89. The number of benzene rings is 2. The van der Waals surface area contributed by atoms with Crippen LogP contribution in [0.2, 0.25) is 0 Å². The van der Waals surface area contributed by atoms with Gasteiger partial charge in [-0.15, -0.1) is 0 Å². The van der Waals surface area contributed by atoms with Crippen LogP contribution in [0, 0.1) is 0 Å². The molecule has 0 aliphatic carbocycles. The van der Waals surface area contributed by atoms with Gasteiger partial charge in [0.15, 0.2) is 17.2 Å². The molecule has 6 rings (SSSR count). The first kappa shape index (κ1) is 17.4. The van der Waals surface area contributed by atoms with E-state index in [1.54, 1.807) is 6.26 Å². The lowest BCUT2D eigenvalue weighted by atomic mass is 10.0. The van der Waals surface area contributed by atoms with Gasteiger partial charge in [0.25, 0.3) is 0 Å². The third kappa shape index (κ3) is 2.90. The van der Waals surface area contributed by atoms with Gasteiger partial charge in [0.05, 0.1) is 6.26 Å². The molecule has 0 amide bonds. The van der Waals surface area contributed by atoms with E-state index >= 15 is 0 Å². The van der Waals surface area contributed by atoms with Crippen LogP contribution in [-0.2, 0) is 0 Å². The summed E-state index contributed by atoms with van der Waals surface area (Å²) in [6, 6.07) is 21.4. The number of furan rings is 1. The van der Waals surface area contributed by atoms with Gasteiger partial charge in [-0.2, -0.15) is 0 Å². The minimum Gasteiger partial charge on any atom is -0.461 e. The lowest BCUT2D eigenvalue weighted by Gasteiger charge is -2.25. The summed E-state index contributed by atoms with van der Waals surface area (Å²) >= 11 is 0. The quantitative estimate of drug-likeness (QED) is 0.443. The van der Waals surface area contributed by atoms with Crippen molar-refractivity contribution in [2.45, 2.75) is 18.9 Å². The Bertz CT molecular complexity index is 1330. The molecule has 4 heterocycles. The van der Waals surface area contributed by atoms with Crippen molar-refractivity contribution in [2.24, 2.45) is 0 Å². The Morgan fingerprint density at radius 1 is 0.900 bits per heavy atom. The Kier molecular flexibility index (Phi) is 4.13. The fourth-order valence-corrected chi connectivity index (χ4v) is 4.50. The van der Waals surface area contributed by atoms with E-state index in [0.717, 1.165) is 59.8 Å². The number of imidazole rings is 1. The Morgan fingerprint density at radius 3 is 2.60 bits per heavy atom. The normalized spacial score (nSPS) is 15.2. The molecular formula is C25H22N4O. The number of pyridine rings is 1. The van der Waals surface area contributed by atoms with E-state index in [1.165, 1.54) is 10.8 Å².